The molecule has 0 spiro atoms. The highest BCUT2D eigenvalue weighted by Gasteiger charge is 2.01. The topological polar surface area (TPSA) is 26.0 Å². The average Bonchev–Trinajstić information content (AvgIpc) is 2.79. The average molecular weight is 261 g/mol. The van der Waals surface area contributed by atoms with E-state index in [2.05, 4.69) is 42.8 Å². The normalized spacial score (nSPS) is 10.3. The van der Waals surface area contributed by atoms with Crippen molar-refractivity contribution >= 4 is 11.1 Å². The molecule has 1 aromatic heterocycles. The first-order chi connectivity index (χ1) is 9.61. The van der Waals surface area contributed by atoms with Crippen LogP contribution in [0.15, 0.2) is 40.8 Å². The molecule has 0 unspecified atom stereocenters. The minimum atomic E-state index is 0.680. The molecule has 0 saturated carbocycles. The van der Waals surface area contributed by atoms with E-state index >= 15 is 0 Å². The van der Waals surface area contributed by atoms with Crippen molar-refractivity contribution in [2.24, 2.45) is 0 Å². The van der Waals surface area contributed by atoms with E-state index in [9.17, 15) is 0 Å². The summed E-state index contributed by atoms with van der Waals surface area (Å²) < 4.78 is 5.46. The van der Waals surface area contributed by atoms with Crippen molar-refractivity contribution < 1.29 is 4.42 Å². The van der Waals surface area contributed by atoms with Crippen LogP contribution in [-0.2, 0) is 0 Å². The summed E-state index contributed by atoms with van der Waals surface area (Å²) in [6.45, 7) is 6.05. The van der Waals surface area contributed by atoms with Crippen LogP contribution >= 0.6 is 0 Å². The third kappa shape index (κ3) is 2.44. The van der Waals surface area contributed by atoms with Gasteiger partial charge in [0.25, 0.3) is 0 Å². The molecule has 1 heterocycles. The maximum atomic E-state index is 5.46. The Balaban J connectivity index is 1.96. The van der Waals surface area contributed by atoms with Crippen LogP contribution in [0.5, 0.6) is 0 Å². The molecule has 0 N–H and O–H groups in total. The Labute approximate surface area is 118 Å². The summed E-state index contributed by atoms with van der Waals surface area (Å²) in [4.78, 5) is 4.32. The lowest BCUT2D eigenvalue weighted by molar-refractivity contribution is 0.561. The third-order valence-electron chi connectivity index (χ3n) is 3.35. The first kappa shape index (κ1) is 12.5. The molecular weight excluding hydrogens is 246 g/mol. The van der Waals surface area contributed by atoms with E-state index in [0.29, 0.717) is 5.89 Å². The molecule has 0 amide bonds. The van der Waals surface area contributed by atoms with Gasteiger partial charge in [0.05, 0.1) is 0 Å². The number of nitrogens with zero attached hydrogens (tertiary/aromatic N) is 1. The Hall–Kier alpha value is -2.53. The zero-order valence-electron chi connectivity index (χ0n) is 11.8. The summed E-state index contributed by atoms with van der Waals surface area (Å²) in [6.07, 6.45) is 0. The monoisotopic (exact) mass is 261 g/mol. The van der Waals surface area contributed by atoms with E-state index in [1.807, 2.05) is 31.2 Å². The van der Waals surface area contributed by atoms with Crippen LogP contribution in [-0.4, -0.2) is 4.98 Å². The lowest BCUT2D eigenvalue weighted by atomic mass is 10.1. The van der Waals surface area contributed by atoms with Gasteiger partial charge in [-0.15, -0.1) is 0 Å². The third-order valence-corrected chi connectivity index (χ3v) is 3.35. The van der Waals surface area contributed by atoms with Gasteiger partial charge in [-0.3, -0.25) is 0 Å². The molecule has 0 radical (unpaired) electrons. The van der Waals surface area contributed by atoms with Crippen molar-refractivity contribution in [1.82, 2.24) is 4.98 Å². The standard InChI is InChI=1S/C18H15NO/c1-12-4-5-15(10-13(12)2)6-7-16-8-9-18-17(11-16)19-14(3)20-18/h4-5,8-11H,1-3H3. The predicted molar refractivity (Wildman–Crippen MR) is 80.6 cm³/mol. The van der Waals surface area contributed by atoms with Crippen molar-refractivity contribution in [3.8, 4) is 11.8 Å². The van der Waals surface area contributed by atoms with Crippen molar-refractivity contribution in [3.63, 3.8) is 0 Å². The molecule has 98 valence electrons. The van der Waals surface area contributed by atoms with Crippen molar-refractivity contribution in [2.45, 2.75) is 20.8 Å². The Kier molecular flexibility index (Phi) is 3.04. The van der Waals surface area contributed by atoms with E-state index in [0.717, 1.165) is 22.2 Å². The SMILES string of the molecule is Cc1nc2cc(C#Cc3ccc(C)c(C)c3)ccc2o1. The van der Waals surface area contributed by atoms with Gasteiger partial charge in [-0.2, -0.15) is 0 Å². The number of rotatable bonds is 0. The van der Waals surface area contributed by atoms with Gasteiger partial charge < -0.3 is 4.42 Å². The van der Waals surface area contributed by atoms with Crippen molar-refractivity contribution in [2.75, 3.05) is 0 Å². The highest BCUT2D eigenvalue weighted by molar-refractivity contribution is 5.74. The fourth-order valence-corrected chi connectivity index (χ4v) is 2.08. The lowest BCUT2D eigenvalue weighted by Gasteiger charge is -1.98. The van der Waals surface area contributed by atoms with Crippen LogP contribution in [0.2, 0.25) is 0 Å². The van der Waals surface area contributed by atoms with Crippen molar-refractivity contribution in [3.05, 3.63) is 64.5 Å². The molecular formula is C18H15NO. The largest absolute Gasteiger partial charge is 0.441 e. The van der Waals surface area contributed by atoms with E-state index in [-0.39, 0.29) is 0 Å². The number of oxazole rings is 1. The summed E-state index contributed by atoms with van der Waals surface area (Å²) in [7, 11) is 0. The molecule has 2 aromatic carbocycles. The molecule has 0 aliphatic carbocycles. The fraction of sp³-hybridized carbons (Fsp3) is 0.167. The summed E-state index contributed by atoms with van der Waals surface area (Å²) in [5.41, 5.74) is 6.19. The van der Waals surface area contributed by atoms with E-state index in [1.54, 1.807) is 0 Å². The number of benzene rings is 2. The lowest BCUT2D eigenvalue weighted by Crippen LogP contribution is -1.82. The fourth-order valence-electron chi connectivity index (χ4n) is 2.08. The Morgan fingerprint density at radius 3 is 2.30 bits per heavy atom. The number of hydrogen-bond donors (Lipinski definition) is 0. The van der Waals surface area contributed by atoms with Crippen LogP contribution in [0, 0.1) is 32.6 Å². The molecule has 2 heteroatoms. The molecule has 0 aliphatic heterocycles. The number of hydrogen-bond acceptors (Lipinski definition) is 2. The Morgan fingerprint density at radius 2 is 1.55 bits per heavy atom. The van der Waals surface area contributed by atoms with Crippen molar-refractivity contribution in [1.29, 1.82) is 0 Å². The first-order valence-electron chi connectivity index (χ1n) is 6.58. The molecule has 3 aromatic rings. The van der Waals surface area contributed by atoms with E-state index in [4.69, 9.17) is 4.42 Å². The van der Waals surface area contributed by atoms with Gasteiger partial charge in [-0.25, -0.2) is 4.98 Å². The highest BCUT2D eigenvalue weighted by Crippen LogP contribution is 2.16. The smallest absolute Gasteiger partial charge is 0.192 e. The molecule has 0 fully saturated rings. The minimum Gasteiger partial charge on any atom is -0.441 e. The van der Waals surface area contributed by atoms with Gasteiger partial charge in [0.2, 0.25) is 0 Å². The first-order valence-corrected chi connectivity index (χ1v) is 6.58. The molecule has 0 saturated heterocycles. The van der Waals surface area contributed by atoms with Gasteiger partial charge in [-0.1, -0.05) is 17.9 Å². The van der Waals surface area contributed by atoms with Crippen LogP contribution in [0.25, 0.3) is 11.1 Å². The maximum absolute atomic E-state index is 5.46. The molecule has 0 aliphatic rings. The van der Waals surface area contributed by atoms with Gasteiger partial charge >= 0.3 is 0 Å². The predicted octanol–water partition coefficient (Wildman–Crippen LogP) is 4.15. The highest BCUT2D eigenvalue weighted by atomic mass is 16.3. The minimum absolute atomic E-state index is 0.680. The second kappa shape index (κ2) is 4.86. The molecule has 20 heavy (non-hydrogen) atoms. The van der Waals surface area contributed by atoms with Gasteiger partial charge in [0.15, 0.2) is 11.5 Å². The van der Waals surface area contributed by atoms with Crippen LogP contribution in [0.1, 0.15) is 28.1 Å². The Morgan fingerprint density at radius 1 is 0.850 bits per heavy atom. The van der Waals surface area contributed by atoms with Crippen LogP contribution in [0.3, 0.4) is 0 Å². The summed E-state index contributed by atoms with van der Waals surface area (Å²) in [5.74, 6) is 7.05. The summed E-state index contributed by atoms with van der Waals surface area (Å²) in [5, 5.41) is 0. The van der Waals surface area contributed by atoms with Gasteiger partial charge in [0, 0.05) is 18.1 Å². The number of fused-ring (bicyclic) bond motifs is 1. The second-order valence-corrected chi connectivity index (χ2v) is 4.96. The quantitative estimate of drug-likeness (QED) is 0.568. The molecule has 0 bridgehead atoms. The zero-order valence-corrected chi connectivity index (χ0v) is 11.8. The second-order valence-electron chi connectivity index (χ2n) is 4.96. The van der Waals surface area contributed by atoms with Gasteiger partial charge in [-0.05, 0) is 55.3 Å². The number of aromatic nitrogens is 1. The van der Waals surface area contributed by atoms with Crippen LogP contribution in [0.4, 0.5) is 0 Å². The molecule has 0 atom stereocenters. The van der Waals surface area contributed by atoms with Crippen LogP contribution < -0.4 is 0 Å². The van der Waals surface area contributed by atoms with E-state index in [1.165, 1.54) is 11.1 Å². The zero-order chi connectivity index (χ0) is 14.1. The Bertz CT molecular complexity index is 847. The number of aryl methyl sites for hydroxylation is 3. The molecule has 2 nitrogen and oxygen atoms in total. The summed E-state index contributed by atoms with van der Waals surface area (Å²) >= 11 is 0. The van der Waals surface area contributed by atoms with Gasteiger partial charge in [0.1, 0.15) is 5.52 Å². The maximum Gasteiger partial charge on any atom is 0.192 e. The van der Waals surface area contributed by atoms with E-state index < -0.39 is 0 Å². The summed E-state index contributed by atoms with van der Waals surface area (Å²) in [6, 6.07) is 12.1. The molecule has 3 rings (SSSR count).